The molecule has 3 rings (SSSR count). The number of amides is 1. The molecule has 6 nitrogen and oxygen atoms in total. The number of hydrogen-bond donors (Lipinski definition) is 1. The lowest BCUT2D eigenvalue weighted by atomic mass is 10.2. The first-order valence-electron chi connectivity index (χ1n) is 9.12. The van der Waals surface area contributed by atoms with Crippen LogP contribution in [0.25, 0.3) is 10.4 Å². The average Bonchev–Trinajstić information content (AvgIpc) is 3.08. The Hall–Kier alpha value is -2.55. The molecule has 0 saturated carbocycles. The van der Waals surface area contributed by atoms with Gasteiger partial charge in [0, 0.05) is 18.7 Å². The van der Waals surface area contributed by atoms with E-state index >= 15 is 0 Å². The van der Waals surface area contributed by atoms with Gasteiger partial charge in [-0.3, -0.25) is 10.1 Å². The summed E-state index contributed by atoms with van der Waals surface area (Å²) >= 11 is 1.38. The number of rotatable bonds is 6. The Morgan fingerprint density at radius 1 is 1.10 bits per heavy atom. The molecule has 0 bridgehead atoms. The highest BCUT2D eigenvalue weighted by molar-refractivity contribution is 7.89. The van der Waals surface area contributed by atoms with Gasteiger partial charge in [-0.1, -0.05) is 47.7 Å². The third-order valence-electron chi connectivity index (χ3n) is 4.55. The molecule has 0 spiro atoms. The summed E-state index contributed by atoms with van der Waals surface area (Å²) in [6.07, 6.45) is 0. The summed E-state index contributed by atoms with van der Waals surface area (Å²) in [5, 5.41) is 3.25. The van der Waals surface area contributed by atoms with Crippen LogP contribution in [0.3, 0.4) is 0 Å². The van der Waals surface area contributed by atoms with E-state index in [1.54, 1.807) is 26.0 Å². The second-order valence-electron chi connectivity index (χ2n) is 6.90. The summed E-state index contributed by atoms with van der Waals surface area (Å²) in [5.74, 6) is -0.400. The Bertz CT molecular complexity index is 1120. The predicted octanol–water partition coefficient (Wildman–Crippen LogP) is 4.40. The van der Waals surface area contributed by atoms with Gasteiger partial charge in [0.25, 0.3) is 5.91 Å². The third kappa shape index (κ3) is 4.55. The van der Waals surface area contributed by atoms with Crippen molar-refractivity contribution in [1.29, 1.82) is 0 Å². The molecular formula is C21H23N3O3S2. The van der Waals surface area contributed by atoms with Crippen molar-refractivity contribution >= 4 is 32.4 Å². The lowest BCUT2D eigenvalue weighted by Gasteiger charge is -2.21. The molecule has 0 fully saturated rings. The van der Waals surface area contributed by atoms with Crippen LogP contribution >= 0.6 is 11.3 Å². The largest absolute Gasteiger partial charge is 0.298 e. The number of carbonyl (C=O) groups excluding carboxylic acids is 1. The highest BCUT2D eigenvalue weighted by Crippen LogP contribution is 2.32. The first kappa shape index (κ1) is 21.2. The van der Waals surface area contributed by atoms with E-state index < -0.39 is 15.9 Å². The van der Waals surface area contributed by atoms with Crippen molar-refractivity contribution in [3.05, 3.63) is 65.9 Å². The normalized spacial score (nSPS) is 11.8. The minimum Gasteiger partial charge on any atom is -0.298 e. The number of thiazole rings is 1. The summed E-state index contributed by atoms with van der Waals surface area (Å²) in [6, 6.07) is 15.7. The fraction of sp³-hybridized carbons (Fsp3) is 0.238. The molecule has 3 aromatic rings. The van der Waals surface area contributed by atoms with Gasteiger partial charge in [-0.15, -0.1) is 0 Å². The number of aryl methyl sites for hydroxylation is 1. The number of hydrogen-bond acceptors (Lipinski definition) is 5. The van der Waals surface area contributed by atoms with Crippen molar-refractivity contribution in [2.45, 2.75) is 31.7 Å². The molecule has 0 saturated heterocycles. The van der Waals surface area contributed by atoms with Crippen LogP contribution in [0.1, 0.15) is 29.9 Å². The predicted molar refractivity (Wildman–Crippen MR) is 117 cm³/mol. The molecule has 152 valence electrons. The molecule has 1 N–H and O–H groups in total. The molecular weight excluding hydrogens is 406 g/mol. The average molecular weight is 430 g/mol. The summed E-state index contributed by atoms with van der Waals surface area (Å²) in [6.45, 7) is 5.48. The standard InChI is InChI=1S/C21H23N3O3S2/c1-14(2)24(4)29(26,27)18-12-8-11-17(13-18)20(25)23-21-22-15(3)19(28-21)16-9-6-5-7-10-16/h5-14H,1-4H3,(H,22,23,25). The molecule has 8 heteroatoms. The van der Waals surface area contributed by atoms with Crippen molar-refractivity contribution < 1.29 is 13.2 Å². The summed E-state index contributed by atoms with van der Waals surface area (Å²) in [7, 11) is -2.14. The molecule has 0 unspecified atom stereocenters. The van der Waals surface area contributed by atoms with E-state index in [-0.39, 0.29) is 16.5 Å². The fourth-order valence-electron chi connectivity index (χ4n) is 2.72. The van der Waals surface area contributed by atoms with Crippen molar-refractivity contribution in [2.24, 2.45) is 0 Å². The second kappa shape index (κ2) is 8.44. The van der Waals surface area contributed by atoms with Crippen LogP contribution in [0.4, 0.5) is 5.13 Å². The van der Waals surface area contributed by atoms with Crippen LogP contribution in [0.15, 0.2) is 59.5 Å². The molecule has 1 aromatic heterocycles. The van der Waals surface area contributed by atoms with E-state index in [2.05, 4.69) is 10.3 Å². The molecule has 0 aliphatic rings. The lowest BCUT2D eigenvalue weighted by molar-refractivity contribution is 0.102. The smallest absolute Gasteiger partial charge is 0.257 e. The first-order valence-corrected chi connectivity index (χ1v) is 11.4. The Morgan fingerprint density at radius 2 is 1.79 bits per heavy atom. The second-order valence-corrected chi connectivity index (χ2v) is 9.89. The van der Waals surface area contributed by atoms with Gasteiger partial charge in [-0.05, 0) is 44.5 Å². The van der Waals surface area contributed by atoms with Crippen LogP contribution in [-0.4, -0.2) is 36.7 Å². The number of sulfonamides is 1. The summed E-state index contributed by atoms with van der Waals surface area (Å²) in [4.78, 5) is 18.2. The van der Waals surface area contributed by atoms with Gasteiger partial charge < -0.3 is 0 Å². The topological polar surface area (TPSA) is 79.4 Å². The number of carbonyl (C=O) groups is 1. The van der Waals surface area contributed by atoms with Crippen LogP contribution in [0, 0.1) is 6.92 Å². The number of nitrogens with zero attached hydrogens (tertiary/aromatic N) is 2. The molecule has 29 heavy (non-hydrogen) atoms. The van der Waals surface area contributed by atoms with Crippen molar-refractivity contribution in [2.75, 3.05) is 12.4 Å². The maximum Gasteiger partial charge on any atom is 0.257 e. The van der Waals surface area contributed by atoms with Crippen molar-refractivity contribution in [3.63, 3.8) is 0 Å². The molecule has 1 heterocycles. The SMILES string of the molecule is Cc1nc(NC(=O)c2cccc(S(=O)(=O)N(C)C(C)C)c2)sc1-c1ccccc1. The Balaban J connectivity index is 1.84. The Kier molecular flexibility index (Phi) is 6.16. The lowest BCUT2D eigenvalue weighted by Crippen LogP contribution is -2.33. The summed E-state index contributed by atoms with van der Waals surface area (Å²) in [5.41, 5.74) is 2.12. The Morgan fingerprint density at radius 3 is 2.45 bits per heavy atom. The van der Waals surface area contributed by atoms with Crippen LogP contribution < -0.4 is 5.32 Å². The van der Waals surface area contributed by atoms with E-state index in [4.69, 9.17) is 0 Å². The maximum absolute atomic E-state index is 12.7. The number of anilines is 1. The number of aromatic nitrogens is 1. The van der Waals surface area contributed by atoms with Gasteiger partial charge in [0.05, 0.1) is 15.5 Å². The minimum absolute atomic E-state index is 0.0849. The van der Waals surface area contributed by atoms with Gasteiger partial charge in [-0.25, -0.2) is 13.4 Å². The molecule has 1 amide bonds. The Labute approximate surface area is 175 Å². The molecule has 2 aromatic carbocycles. The minimum atomic E-state index is -3.67. The van der Waals surface area contributed by atoms with Crippen molar-refractivity contribution in [3.8, 4) is 10.4 Å². The van der Waals surface area contributed by atoms with Crippen LogP contribution in [0.5, 0.6) is 0 Å². The highest BCUT2D eigenvalue weighted by atomic mass is 32.2. The van der Waals surface area contributed by atoms with Gasteiger partial charge in [0.2, 0.25) is 10.0 Å². The highest BCUT2D eigenvalue weighted by Gasteiger charge is 2.24. The maximum atomic E-state index is 12.7. The van der Waals surface area contributed by atoms with Crippen LogP contribution in [-0.2, 0) is 10.0 Å². The van der Waals surface area contributed by atoms with Gasteiger partial charge >= 0.3 is 0 Å². The van der Waals surface area contributed by atoms with E-state index in [1.807, 2.05) is 37.3 Å². The van der Waals surface area contributed by atoms with Gasteiger partial charge in [-0.2, -0.15) is 4.31 Å². The van der Waals surface area contributed by atoms with E-state index in [1.165, 1.54) is 34.8 Å². The van der Waals surface area contributed by atoms with Crippen molar-refractivity contribution in [1.82, 2.24) is 9.29 Å². The monoisotopic (exact) mass is 429 g/mol. The first-order chi connectivity index (χ1) is 13.7. The van der Waals surface area contributed by atoms with Crippen LogP contribution in [0.2, 0.25) is 0 Å². The molecule has 0 aliphatic carbocycles. The quantitative estimate of drug-likeness (QED) is 0.630. The number of benzene rings is 2. The molecule has 0 atom stereocenters. The zero-order valence-corrected chi connectivity index (χ0v) is 18.3. The number of nitrogens with one attached hydrogen (secondary N) is 1. The zero-order valence-electron chi connectivity index (χ0n) is 16.7. The zero-order chi connectivity index (χ0) is 21.2. The van der Waals surface area contributed by atoms with Gasteiger partial charge in [0.15, 0.2) is 5.13 Å². The summed E-state index contributed by atoms with van der Waals surface area (Å²) < 4.78 is 26.7. The fourth-order valence-corrected chi connectivity index (χ4v) is 5.10. The van der Waals surface area contributed by atoms with E-state index in [0.717, 1.165) is 16.1 Å². The molecule has 0 aliphatic heterocycles. The van der Waals surface area contributed by atoms with E-state index in [9.17, 15) is 13.2 Å². The molecule has 0 radical (unpaired) electrons. The van der Waals surface area contributed by atoms with E-state index in [0.29, 0.717) is 5.13 Å². The third-order valence-corrected chi connectivity index (χ3v) is 7.70. The van der Waals surface area contributed by atoms with Gasteiger partial charge in [0.1, 0.15) is 0 Å².